The van der Waals surface area contributed by atoms with Gasteiger partial charge in [-0.1, -0.05) is 6.07 Å². The van der Waals surface area contributed by atoms with Crippen molar-refractivity contribution in [1.82, 2.24) is 4.90 Å². The molecule has 1 saturated heterocycles. The summed E-state index contributed by atoms with van der Waals surface area (Å²) in [6, 6.07) is 9.18. The van der Waals surface area contributed by atoms with E-state index in [0.717, 1.165) is 18.9 Å². The molecule has 1 aliphatic heterocycles. The second-order valence-corrected chi connectivity index (χ2v) is 7.96. The van der Waals surface area contributed by atoms with Crippen molar-refractivity contribution in [2.75, 3.05) is 24.9 Å². The molecular formula is C18H19N3O6S. The highest BCUT2D eigenvalue weighted by atomic mass is 32.2. The quantitative estimate of drug-likeness (QED) is 0.583. The van der Waals surface area contributed by atoms with Crippen molar-refractivity contribution < 1.29 is 22.9 Å². The number of amides is 1. The lowest BCUT2D eigenvalue weighted by atomic mass is 10.1. The van der Waals surface area contributed by atoms with Crippen molar-refractivity contribution in [1.29, 1.82) is 0 Å². The summed E-state index contributed by atoms with van der Waals surface area (Å²) in [7, 11) is -2.65. The van der Waals surface area contributed by atoms with Crippen LogP contribution in [0.4, 0.5) is 11.4 Å². The van der Waals surface area contributed by atoms with Crippen LogP contribution in [0, 0.1) is 10.1 Å². The topological polar surface area (TPSA) is 119 Å². The highest BCUT2D eigenvalue weighted by molar-refractivity contribution is 7.92. The van der Waals surface area contributed by atoms with Crippen LogP contribution in [-0.4, -0.2) is 44.3 Å². The maximum absolute atomic E-state index is 12.7. The molecule has 2 aromatic rings. The van der Waals surface area contributed by atoms with E-state index in [4.69, 9.17) is 4.74 Å². The Labute approximate surface area is 162 Å². The van der Waals surface area contributed by atoms with Gasteiger partial charge < -0.3 is 9.64 Å². The number of nitrogens with zero attached hydrogens (tertiary/aromatic N) is 2. The average Bonchev–Trinajstić information content (AvgIpc) is 3.21. The molecule has 2 aromatic carbocycles. The smallest absolute Gasteiger partial charge is 0.271 e. The molecule has 1 N–H and O–H groups in total. The number of nitro groups is 1. The fourth-order valence-electron chi connectivity index (χ4n) is 3.01. The van der Waals surface area contributed by atoms with Crippen LogP contribution in [0.25, 0.3) is 0 Å². The fraction of sp³-hybridized carbons (Fsp3) is 0.278. The maximum Gasteiger partial charge on any atom is 0.271 e. The summed E-state index contributed by atoms with van der Waals surface area (Å²) >= 11 is 0. The van der Waals surface area contributed by atoms with E-state index < -0.39 is 14.9 Å². The summed E-state index contributed by atoms with van der Waals surface area (Å²) in [6.07, 6.45) is 1.81. The Hall–Kier alpha value is -3.14. The van der Waals surface area contributed by atoms with Crippen LogP contribution in [0.15, 0.2) is 47.4 Å². The minimum atomic E-state index is -4.06. The molecule has 1 amide bonds. The van der Waals surface area contributed by atoms with Gasteiger partial charge in [-0.2, -0.15) is 0 Å². The first-order valence-corrected chi connectivity index (χ1v) is 10.0. The molecule has 28 heavy (non-hydrogen) atoms. The molecule has 0 spiro atoms. The Morgan fingerprint density at radius 1 is 1.18 bits per heavy atom. The van der Waals surface area contributed by atoms with Gasteiger partial charge in [0.2, 0.25) is 0 Å². The first kappa shape index (κ1) is 19.6. The third kappa shape index (κ3) is 4.06. The van der Waals surface area contributed by atoms with Crippen molar-refractivity contribution in [3.63, 3.8) is 0 Å². The standard InChI is InChI=1S/C18H19N3O6S/c1-27-17-8-7-15(12-16(17)18(22)20-9-2-3-10-20)28(25,26)19-13-5-4-6-14(11-13)21(23)24/h4-8,11-12,19H,2-3,9-10H2,1H3. The molecule has 0 atom stereocenters. The Morgan fingerprint density at radius 3 is 2.54 bits per heavy atom. The van der Waals surface area contributed by atoms with Crippen molar-refractivity contribution in [2.24, 2.45) is 0 Å². The second-order valence-electron chi connectivity index (χ2n) is 6.27. The number of nitrogens with one attached hydrogen (secondary N) is 1. The Bertz CT molecular complexity index is 1020. The number of carbonyl (C=O) groups excluding carboxylic acids is 1. The molecule has 3 rings (SSSR count). The highest BCUT2D eigenvalue weighted by Gasteiger charge is 2.25. The molecule has 0 saturated carbocycles. The number of hydrogen-bond acceptors (Lipinski definition) is 6. The van der Waals surface area contributed by atoms with Crippen LogP contribution < -0.4 is 9.46 Å². The predicted octanol–water partition coefficient (Wildman–Crippen LogP) is 2.64. The number of likely N-dealkylation sites (tertiary alicyclic amines) is 1. The molecule has 1 heterocycles. The van der Waals surface area contributed by atoms with E-state index in [1.54, 1.807) is 4.90 Å². The van der Waals surface area contributed by atoms with E-state index in [2.05, 4.69) is 4.72 Å². The summed E-state index contributed by atoms with van der Waals surface area (Å²) in [6.45, 7) is 1.23. The van der Waals surface area contributed by atoms with Crippen LogP contribution in [-0.2, 0) is 10.0 Å². The number of methoxy groups -OCH3 is 1. The molecule has 0 bridgehead atoms. The molecule has 0 aromatic heterocycles. The van der Waals surface area contributed by atoms with Crippen LogP contribution in [0.3, 0.4) is 0 Å². The molecule has 9 nitrogen and oxygen atoms in total. The number of anilines is 1. The maximum atomic E-state index is 12.7. The zero-order chi connectivity index (χ0) is 20.3. The van der Waals surface area contributed by atoms with E-state index in [0.29, 0.717) is 13.1 Å². The van der Waals surface area contributed by atoms with Gasteiger partial charge in [-0.3, -0.25) is 19.6 Å². The first-order valence-electron chi connectivity index (χ1n) is 8.56. The summed E-state index contributed by atoms with van der Waals surface area (Å²) in [5, 5.41) is 10.9. The number of hydrogen-bond donors (Lipinski definition) is 1. The lowest BCUT2D eigenvalue weighted by molar-refractivity contribution is -0.384. The average molecular weight is 405 g/mol. The zero-order valence-corrected chi connectivity index (χ0v) is 15.9. The lowest BCUT2D eigenvalue weighted by Crippen LogP contribution is -2.28. The third-order valence-corrected chi connectivity index (χ3v) is 5.79. The van der Waals surface area contributed by atoms with Crippen molar-refractivity contribution in [3.8, 4) is 5.75 Å². The van der Waals surface area contributed by atoms with Gasteiger partial charge in [0.15, 0.2) is 0 Å². The van der Waals surface area contributed by atoms with E-state index in [9.17, 15) is 23.3 Å². The largest absolute Gasteiger partial charge is 0.496 e. The Balaban J connectivity index is 1.93. The van der Waals surface area contributed by atoms with Gasteiger partial charge in [0.25, 0.3) is 21.6 Å². The molecule has 0 unspecified atom stereocenters. The summed E-state index contributed by atoms with van der Waals surface area (Å²) in [4.78, 5) is 24.5. The Kier molecular flexibility index (Phi) is 5.50. The molecular weight excluding hydrogens is 386 g/mol. The summed E-state index contributed by atoms with van der Waals surface area (Å²) in [5.74, 6) is -0.00653. The molecule has 148 valence electrons. The van der Waals surface area contributed by atoms with Gasteiger partial charge in [0, 0.05) is 25.2 Å². The summed E-state index contributed by atoms with van der Waals surface area (Å²) < 4.78 is 33.0. The van der Waals surface area contributed by atoms with E-state index in [1.807, 2.05) is 0 Å². The van der Waals surface area contributed by atoms with Crippen LogP contribution in [0.5, 0.6) is 5.75 Å². The first-order chi connectivity index (χ1) is 13.3. The van der Waals surface area contributed by atoms with Gasteiger partial charge >= 0.3 is 0 Å². The van der Waals surface area contributed by atoms with Gasteiger partial charge in [0.05, 0.1) is 28.2 Å². The lowest BCUT2D eigenvalue weighted by Gasteiger charge is -2.18. The molecule has 0 aliphatic carbocycles. The zero-order valence-electron chi connectivity index (χ0n) is 15.1. The number of sulfonamides is 1. The van der Waals surface area contributed by atoms with Crippen molar-refractivity contribution in [3.05, 3.63) is 58.1 Å². The van der Waals surface area contributed by atoms with E-state index >= 15 is 0 Å². The minimum Gasteiger partial charge on any atom is -0.496 e. The van der Waals surface area contributed by atoms with Gasteiger partial charge in [-0.05, 0) is 37.1 Å². The molecule has 1 aliphatic rings. The van der Waals surface area contributed by atoms with Crippen molar-refractivity contribution >= 4 is 27.3 Å². The number of non-ortho nitro benzene ring substituents is 1. The molecule has 1 fully saturated rings. The van der Waals surface area contributed by atoms with Crippen molar-refractivity contribution in [2.45, 2.75) is 17.7 Å². The van der Waals surface area contributed by atoms with Gasteiger partial charge in [0.1, 0.15) is 5.75 Å². The van der Waals surface area contributed by atoms with Gasteiger partial charge in [-0.25, -0.2) is 8.42 Å². The fourth-order valence-corrected chi connectivity index (χ4v) is 4.08. The second kappa shape index (κ2) is 7.85. The number of ether oxygens (including phenoxy) is 1. The van der Waals surface area contributed by atoms with E-state index in [1.165, 1.54) is 43.5 Å². The summed E-state index contributed by atoms with van der Waals surface area (Å²) in [5.41, 5.74) is -0.0245. The van der Waals surface area contributed by atoms with Crippen LogP contribution in [0.2, 0.25) is 0 Å². The SMILES string of the molecule is COc1ccc(S(=O)(=O)Nc2cccc([N+](=O)[O-])c2)cc1C(=O)N1CCCC1. The van der Waals surface area contributed by atoms with Crippen LogP contribution in [0.1, 0.15) is 23.2 Å². The van der Waals surface area contributed by atoms with Gasteiger partial charge in [-0.15, -0.1) is 0 Å². The third-order valence-electron chi connectivity index (χ3n) is 4.41. The number of carbonyl (C=O) groups is 1. The predicted molar refractivity (Wildman–Crippen MR) is 102 cm³/mol. The minimum absolute atomic E-state index is 0.0532. The Morgan fingerprint density at radius 2 is 1.89 bits per heavy atom. The van der Waals surface area contributed by atoms with Crippen LogP contribution >= 0.6 is 0 Å². The number of benzene rings is 2. The monoisotopic (exact) mass is 405 g/mol. The number of nitro benzene ring substituents is 1. The number of rotatable bonds is 6. The molecule has 10 heteroatoms. The highest BCUT2D eigenvalue weighted by Crippen LogP contribution is 2.27. The molecule has 0 radical (unpaired) electrons. The normalized spacial score (nSPS) is 14.0. The van der Waals surface area contributed by atoms with E-state index in [-0.39, 0.29) is 33.5 Å².